The molecule has 0 spiro atoms. The van der Waals surface area contributed by atoms with Crippen molar-refractivity contribution in [1.29, 1.82) is 0 Å². The average Bonchev–Trinajstić information content (AvgIpc) is 3.03. The number of alkyl halides is 3. The van der Waals surface area contributed by atoms with Gasteiger partial charge in [0, 0.05) is 13.0 Å². The summed E-state index contributed by atoms with van der Waals surface area (Å²) in [6.07, 6.45) is -2.59. The van der Waals surface area contributed by atoms with E-state index in [2.05, 4.69) is 15.3 Å². The third-order valence-corrected chi connectivity index (χ3v) is 4.30. The quantitative estimate of drug-likeness (QED) is 0.768. The molecule has 0 atom stereocenters. The van der Waals surface area contributed by atoms with Gasteiger partial charge in [-0.05, 0) is 12.1 Å². The first-order valence-electron chi connectivity index (χ1n) is 7.11. The Morgan fingerprint density at radius 3 is 2.72 bits per heavy atom. The van der Waals surface area contributed by atoms with E-state index in [1.807, 2.05) is 0 Å². The Kier molecular flexibility index (Phi) is 4.53. The summed E-state index contributed by atoms with van der Waals surface area (Å²) in [5.74, 6) is -0.539. The molecule has 0 saturated carbocycles. The van der Waals surface area contributed by atoms with Gasteiger partial charge in [0.25, 0.3) is 5.56 Å². The largest absolute Gasteiger partial charge is 0.427 e. The van der Waals surface area contributed by atoms with Gasteiger partial charge in [-0.1, -0.05) is 23.5 Å². The summed E-state index contributed by atoms with van der Waals surface area (Å²) in [7, 11) is 0. The summed E-state index contributed by atoms with van der Waals surface area (Å²) in [6.45, 7) is 0.0556. The van der Waals surface area contributed by atoms with E-state index in [-0.39, 0.29) is 23.7 Å². The summed E-state index contributed by atoms with van der Waals surface area (Å²) in [5, 5.41) is 2.59. The molecule has 25 heavy (non-hydrogen) atoms. The SMILES string of the molecule is O=C(CCn1cnc2ccccc2c1=O)Nc1ncc(C(F)(F)F)s1. The lowest BCUT2D eigenvalue weighted by Crippen LogP contribution is -2.23. The zero-order chi connectivity index (χ0) is 18.0. The van der Waals surface area contributed by atoms with E-state index < -0.39 is 17.0 Å². The number of fused-ring (bicyclic) bond motifs is 1. The number of carbonyl (C=O) groups excluding carboxylic acids is 1. The zero-order valence-electron chi connectivity index (χ0n) is 12.6. The van der Waals surface area contributed by atoms with Crippen molar-refractivity contribution < 1.29 is 18.0 Å². The summed E-state index contributed by atoms with van der Waals surface area (Å²) in [4.78, 5) is 30.9. The fourth-order valence-corrected chi connectivity index (χ4v) is 2.83. The van der Waals surface area contributed by atoms with E-state index in [0.717, 1.165) is 0 Å². The number of amides is 1. The number of nitrogens with one attached hydrogen (secondary N) is 1. The maximum absolute atomic E-state index is 12.5. The number of hydrogen-bond acceptors (Lipinski definition) is 5. The van der Waals surface area contributed by atoms with Gasteiger partial charge in [-0.15, -0.1) is 0 Å². The maximum Gasteiger partial charge on any atom is 0.427 e. The molecule has 0 fully saturated rings. The van der Waals surface area contributed by atoms with Crippen molar-refractivity contribution in [1.82, 2.24) is 14.5 Å². The van der Waals surface area contributed by atoms with E-state index in [1.54, 1.807) is 24.3 Å². The fraction of sp³-hybridized carbons (Fsp3) is 0.200. The van der Waals surface area contributed by atoms with Crippen molar-refractivity contribution in [2.75, 3.05) is 5.32 Å². The number of rotatable bonds is 4. The molecule has 3 aromatic rings. The van der Waals surface area contributed by atoms with E-state index in [4.69, 9.17) is 0 Å². The highest BCUT2D eigenvalue weighted by Gasteiger charge is 2.33. The minimum Gasteiger partial charge on any atom is -0.302 e. The molecule has 0 saturated heterocycles. The molecule has 0 aliphatic carbocycles. The molecule has 0 aliphatic rings. The third kappa shape index (κ3) is 3.85. The average molecular weight is 368 g/mol. The summed E-state index contributed by atoms with van der Waals surface area (Å²) in [5.41, 5.74) is 0.266. The number of anilines is 1. The summed E-state index contributed by atoms with van der Waals surface area (Å²) in [6, 6.07) is 6.81. The van der Waals surface area contributed by atoms with Crippen LogP contribution in [0.5, 0.6) is 0 Å². The minimum atomic E-state index is -4.50. The van der Waals surface area contributed by atoms with Crippen LogP contribution in [0.3, 0.4) is 0 Å². The van der Waals surface area contributed by atoms with Crippen molar-refractivity contribution in [2.24, 2.45) is 0 Å². The Morgan fingerprint density at radius 2 is 2.00 bits per heavy atom. The van der Waals surface area contributed by atoms with Crippen molar-refractivity contribution in [2.45, 2.75) is 19.1 Å². The lowest BCUT2D eigenvalue weighted by molar-refractivity contribution is -0.134. The Bertz CT molecular complexity index is 981. The molecule has 1 aromatic carbocycles. The zero-order valence-corrected chi connectivity index (χ0v) is 13.4. The highest BCUT2D eigenvalue weighted by atomic mass is 32.1. The topological polar surface area (TPSA) is 76.9 Å². The predicted molar refractivity (Wildman–Crippen MR) is 86.4 cm³/mol. The first-order valence-corrected chi connectivity index (χ1v) is 7.93. The number of thiazole rings is 1. The van der Waals surface area contributed by atoms with Gasteiger partial charge in [-0.2, -0.15) is 13.2 Å². The third-order valence-electron chi connectivity index (χ3n) is 3.34. The van der Waals surface area contributed by atoms with Crippen molar-refractivity contribution in [3.8, 4) is 0 Å². The summed E-state index contributed by atoms with van der Waals surface area (Å²) >= 11 is 0.346. The highest BCUT2D eigenvalue weighted by Crippen LogP contribution is 2.34. The van der Waals surface area contributed by atoms with Crippen LogP contribution in [0.4, 0.5) is 18.3 Å². The summed E-state index contributed by atoms with van der Waals surface area (Å²) < 4.78 is 38.8. The smallest absolute Gasteiger partial charge is 0.302 e. The van der Waals surface area contributed by atoms with Crippen molar-refractivity contribution in [3.05, 3.63) is 52.0 Å². The molecule has 6 nitrogen and oxygen atoms in total. The van der Waals surface area contributed by atoms with Crippen LogP contribution >= 0.6 is 11.3 Å². The van der Waals surface area contributed by atoms with Gasteiger partial charge in [-0.25, -0.2) is 9.97 Å². The molecule has 0 bridgehead atoms. The van der Waals surface area contributed by atoms with Crippen LogP contribution in [0.1, 0.15) is 11.3 Å². The molecule has 130 valence electrons. The second-order valence-electron chi connectivity index (χ2n) is 5.09. The second-order valence-corrected chi connectivity index (χ2v) is 6.12. The van der Waals surface area contributed by atoms with Crippen LogP contribution in [0.2, 0.25) is 0 Å². The van der Waals surface area contributed by atoms with Gasteiger partial charge >= 0.3 is 6.18 Å². The monoisotopic (exact) mass is 368 g/mol. The van der Waals surface area contributed by atoms with Crippen LogP contribution in [-0.2, 0) is 17.5 Å². The number of aryl methyl sites for hydroxylation is 1. The number of hydrogen-bond donors (Lipinski definition) is 1. The molecule has 0 aliphatic heterocycles. The molecule has 10 heteroatoms. The minimum absolute atomic E-state index is 0.0556. The first kappa shape index (κ1) is 17.1. The lowest BCUT2D eigenvalue weighted by Gasteiger charge is -2.06. The number of aromatic nitrogens is 3. The molecule has 2 heterocycles. The van der Waals surface area contributed by atoms with Crippen molar-refractivity contribution in [3.63, 3.8) is 0 Å². The lowest BCUT2D eigenvalue weighted by atomic mass is 10.2. The normalized spacial score (nSPS) is 11.6. The van der Waals surface area contributed by atoms with E-state index in [0.29, 0.717) is 28.4 Å². The molecule has 0 unspecified atom stereocenters. The maximum atomic E-state index is 12.5. The van der Waals surface area contributed by atoms with Gasteiger partial charge in [-0.3, -0.25) is 14.2 Å². The number of para-hydroxylation sites is 1. The number of nitrogens with zero attached hydrogens (tertiary/aromatic N) is 3. The van der Waals surface area contributed by atoms with Gasteiger partial charge in [0.1, 0.15) is 4.88 Å². The Morgan fingerprint density at radius 1 is 1.24 bits per heavy atom. The number of benzene rings is 1. The van der Waals surface area contributed by atoms with Crippen LogP contribution in [0.25, 0.3) is 10.9 Å². The van der Waals surface area contributed by atoms with E-state index in [1.165, 1.54) is 10.9 Å². The molecule has 2 aromatic heterocycles. The molecular formula is C15H11F3N4O2S. The van der Waals surface area contributed by atoms with Crippen molar-refractivity contribution >= 4 is 33.3 Å². The molecule has 0 radical (unpaired) electrons. The molecule has 1 amide bonds. The molecule has 3 rings (SSSR count). The van der Waals surface area contributed by atoms with Gasteiger partial charge in [0.15, 0.2) is 5.13 Å². The fourth-order valence-electron chi connectivity index (χ4n) is 2.13. The number of halogens is 3. The Hall–Kier alpha value is -2.75. The standard InChI is InChI=1S/C15H11F3N4O2S/c16-15(17,18)11-7-19-14(25-11)21-12(23)5-6-22-8-20-10-4-2-1-3-9(10)13(22)24/h1-4,7-8H,5-6H2,(H,19,21,23). The number of carbonyl (C=O) groups is 1. The van der Waals surface area contributed by atoms with Gasteiger partial charge in [0.05, 0.1) is 23.4 Å². The Labute approximate surface area is 143 Å². The molecule has 1 N–H and O–H groups in total. The predicted octanol–water partition coefficient (Wildman–Crippen LogP) is 2.90. The first-order chi connectivity index (χ1) is 11.8. The van der Waals surface area contributed by atoms with E-state index in [9.17, 15) is 22.8 Å². The van der Waals surface area contributed by atoms with Crippen LogP contribution in [-0.4, -0.2) is 20.4 Å². The second kappa shape index (κ2) is 6.63. The Balaban J connectivity index is 1.66. The van der Waals surface area contributed by atoms with Crippen LogP contribution < -0.4 is 10.9 Å². The van der Waals surface area contributed by atoms with E-state index >= 15 is 0 Å². The van der Waals surface area contributed by atoms with Crippen LogP contribution in [0.15, 0.2) is 41.6 Å². The van der Waals surface area contributed by atoms with Gasteiger partial charge < -0.3 is 5.32 Å². The van der Waals surface area contributed by atoms with Crippen LogP contribution in [0, 0.1) is 0 Å². The van der Waals surface area contributed by atoms with Gasteiger partial charge in [0.2, 0.25) is 5.91 Å². The molecular weight excluding hydrogens is 357 g/mol. The highest BCUT2D eigenvalue weighted by molar-refractivity contribution is 7.15.